The fourth-order valence-corrected chi connectivity index (χ4v) is 0.171. The van der Waals surface area contributed by atoms with E-state index in [2.05, 4.69) is 4.74 Å². The average Bonchev–Trinajstić information content (AvgIpc) is 1.65. The van der Waals surface area contributed by atoms with Gasteiger partial charge in [0.2, 0.25) is 5.60 Å². The van der Waals surface area contributed by atoms with Gasteiger partial charge in [0.15, 0.2) is 0 Å². The molecule has 0 unspecified atom stereocenters. The Bertz CT molecular complexity index is 127. The third-order valence-corrected chi connectivity index (χ3v) is 0.858. The van der Waals surface area contributed by atoms with Crippen molar-refractivity contribution in [2.75, 3.05) is 0 Å². The molecule has 0 amide bonds. The molecule has 0 aromatic carbocycles. The average molecular weight is 132 g/mol. The van der Waals surface area contributed by atoms with Crippen molar-refractivity contribution < 1.29 is 19.4 Å². The SMILES string of the molecule is CC(C)(OC=O)C(=O)O. The highest BCUT2D eigenvalue weighted by atomic mass is 16.6. The zero-order valence-electron chi connectivity index (χ0n) is 5.25. The van der Waals surface area contributed by atoms with Crippen LogP contribution in [-0.2, 0) is 14.3 Å². The largest absolute Gasteiger partial charge is 0.478 e. The molecule has 0 aliphatic heterocycles. The van der Waals surface area contributed by atoms with Gasteiger partial charge in [-0.3, -0.25) is 4.79 Å². The van der Waals surface area contributed by atoms with E-state index in [0.29, 0.717) is 0 Å². The molecule has 0 atom stereocenters. The van der Waals surface area contributed by atoms with Gasteiger partial charge in [0.1, 0.15) is 0 Å². The van der Waals surface area contributed by atoms with Gasteiger partial charge in [-0.25, -0.2) is 4.79 Å². The van der Waals surface area contributed by atoms with Gasteiger partial charge in [0.05, 0.1) is 0 Å². The van der Waals surface area contributed by atoms with E-state index >= 15 is 0 Å². The summed E-state index contributed by atoms with van der Waals surface area (Å²) in [5.41, 5.74) is -1.40. The molecule has 0 saturated carbocycles. The molecule has 4 heteroatoms. The second-order valence-electron chi connectivity index (χ2n) is 2.03. The van der Waals surface area contributed by atoms with Crippen LogP contribution in [0.15, 0.2) is 0 Å². The number of carboxylic acid groups (broad SMARTS) is 1. The molecule has 0 spiro atoms. The molecule has 4 nitrogen and oxygen atoms in total. The lowest BCUT2D eigenvalue weighted by molar-refractivity contribution is -0.166. The van der Waals surface area contributed by atoms with Gasteiger partial charge in [-0.15, -0.1) is 0 Å². The van der Waals surface area contributed by atoms with Crippen molar-refractivity contribution >= 4 is 12.4 Å². The molecule has 0 saturated heterocycles. The lowest BCUT2D eigenvalue weighted by Crippen LogP contribution is -2.34. The summed E-state index contributed by atoms with van der Waals surface area (Å²) in [5.74, 6) is -1.16. The summed E-state index contributed by atoms with van der Waals surface area (Å²) in [6.07, 6.45) is 0. The molecule has 0 aromatic heterocycles. The first-order valence-electron chi connectivity index (χ1n) is 2.35. The van der Waals surface area contributed by atoms with E-state index < -0.39 is 11.6 Å². The van der Waals surface area contributed by atoms with Crippen LogP contribution in [0.5, 0.6) is 0 Å². The van der Waals surface area contributed by atoms with Crippen LogP contribution in [-0.4, -0.2) is 23.1 Å². The second kappa shape index (κ2) is 2.48. The molecule has 0 rings (SSSR count). The third kappa shape index (κ3) is 2.12. The normalized spacial score (nSPS) is 10.4. The molecular formula is C5H8O4. The Balaban J connectivity index is 4.00. The van der Waals surface area contributed by atoms with Crippen molar-refractivity contribution in [1.29, 1.82) is 0 Å². The van der Waals surface area contributed by atoms with Crippen molar-refractivity contribution in [2.24, 2.45) is 0 Å². The smallest absolute Gasteiger partial charge is 0.347 e. The summed E-state index contributed by atoms with van der Waals surface area (Å²) in [4.78, 5) is 19.8. The van der Waals surface area contributed by atoms with Crippen LogP contribution in [0.3, 0.4) is 0 Å². The Morgan fingerprint density at radius 2 is 2.11 bits per heavy atom. The molecule has 0 aliphatic carbocycles. The van der Waals surface area contributed by atoms with E-state index in [1.807, 2.05) is 0 Å². The summed E-state index contributed by atoms with van der Waals surface area (Å²) in [6.45, 7) is 2.71. The van der Waals surface area contributed by atoms with E-state index in [4.69, 9.17) is 5.11 Å². The quantitative estimate of drug-likeness (QED) is 0.550. The first-order chi connectivity index (χ1) is 4.00. The number of ether oxygens (including phenoxy) is 1. The molecule has 0 fully saturated rings. The van der Waals surface area contributed by atoms with E-state index in [1.54, 1.807) is 0 Å². The topological polar surface area (TPSA) is 63.6 Å². The number of carbonyl (C=O) groups is 2. The Labute approximate surface area is 52.4 Å². The zero-order valence-corrected chi connectivity index (χ0v) is 5.25. The van der Waals surface area contributed by atoms with Crippen LogP contribution >= 0.6 is 0 Å². The first-order valence-corrected chi connectivity index (χ1v) is 2.35. The number of carbonyl (C=O) groups excluding carboxylic acids is 1. The fraction of sp³-hybridized carbons (Fsp3) is 0.600. The van der Waals surface area contributed by atoms with Gasteiger partial charge >= 0.3 is 5.97 Å². The predicted molar refractivity (Wildman–Crippen MR) is 28.9 cm³/mol. The number of carboxylic acids is 1. The maximum absolute atomic E-state index is 10.1. The number of hydrogen-bond acceptors (Lipinski definition) is 3. The summed E-state index contributed by atoms with van der Waals surface area (Å²) in [7, 11) is 0. The van der Waals surface area contributed by atoms with Crippen LogP contribution in [0.2, 0.25) is 0 Å². The van der Waals surface area contributed by atoms with E-state index in [1.165, 1.54) is 13.8 Å². The second-order valence-corrected chi connectivity index (χ2v) is 2.03. The molecule has 9 heavy (non-hydrogen) atoms. The predicted octanol–water partition coefficient (Wildman–Crippen LogP) is 0.0226. The highest BCUT2D eigenvalue weighted by molar-refractivity contribution is 5.77. The minimum atomic E-state index is -1.40. The number of aliphatic carboxylic acids is 1. The van der Waals surface area contributed by atoms with E-state index in [-0.39, 0.29) is 6.47 Å². The number of rotatable bonds is 3. The van der Waals surface area contributed by atoms with Gasteiger partial charge in [0, 0.05) is 0 Å². The monoisotopic (exact) mass is 132 g/mol. The molecular weight excluding hydrogens is 124 g/mol. The maximum Gasteiger partial charge on any atom is 0.347 e. The van der Waals surface area contributed by atoms with Crippen molar-refractivity contribution in [3.05, 3.63) is 0 Å². The lowest BCUT2D eigenvalue weighted by atomic mass is 10.1. The van der Waals surface area contributed by atoms with Gasteiger partial charge < -0.3 is 9.84 Å². The minimum Gasteiger partial charge on any atom is -0.478 e. The van der Waals surface area contributed by atoms with Crippen molar-refractivity contribution in [1.82, 2.24) is 0 Å². The van der Waals surface area contributed by atoms with Gasteiger partial charge in [-0.2, -0.15) is 0 Å². The molecule has 0 radical (unpaired) electrons. The van der Waals surface area contributed by atoms with Crippen LogP contribution in [0.25, 0.3) is 0 Å². The van der Waals surface area contributed by atoms with Crippen molar-refractivity contribution in [3.63, 3.8) is 0 Å². The van der Waals surface area contributed by atoms with E-state index in [0.717, 1.165) is 0 Å². The van der Waals surface area contributed by atoms with E-state index in [9.17, 15) is 9.59 Å². The summed E-state index contributed by atoms with van der Waals surface area (Å²) >= 11 is 0. The molecule has 52 valence electrons. The maximum atomic E-state index is 10.1. The Hall–Kier alpha value is -1.06. The number of hydrogen-bond donors (Lipinski definition) is 1. The van der Waals surface area contributed by atoms with Crippen LogP contribution in [0, 0.1) is 0 Å². The van der Waals surface area contributed by atoms with Crippen LogP contribution in [0.4, 0.5) is 0 Å². The minimum absolute atomic E-state index is 0.119. The third-order valence-electron chi connectivity index (χ3n) is 0.858. The van der Waals surface area contributed by atoms with Crippen LogP contribution in [0.1, 0.15) is 13.8 Å². The standard InChI is InChI=1S/C5H8O4/c1-5(2,4(7)8)9-3-6/h3H,1-2H3,(H,7,8). The molecule has 1 N–H and O–H groups in total. The fourth-order valence-electron chi connectivity index (χ4n) is 0.171. The van der Waals surface area contributed by atoms with Crippen molar-refractivity contribution in [3.8, 4) is 0 Å². The van der Waals surface area contributed by atoms with Gasteiger partial charge in [0.25, 0.3) is 6.47 Å². The summed E-state index contributed by atoms with van der Waals surface area (Å²) in [6, 6.07) is 0. The van der Waals surface area contributed by atoms with Crippen molar-refractivity contribution in [2.45, 2.75) is 19.4 Å². The lowest BCUT2D eigenvalue weighted by Gasteiger charge is -2.15. The molecule has 0 bridgehead atoms. The van der Waals surface area contributed by atoms with Gasteiger partial charge in [-0.05, 0) is 13.8 Å². The summed E-state index contributed by atoms with van der Waals surface area (Å²) < 4.78 is 4.21. The Morgan fingerprint density at radius 1 is 1.67 bits per heavy atom. The van der Waals surface area contributed by atoms with Crippen LogP contribution < -0.4 is 0 Å². The van der Waals surface area contributed by atoms with Gasteiger partial charge in [-0.1, -0.05) is 0 Å². The molecule has 0 heterocycles. The molecule has 0 aromatic rings. The highest BCUT2D eigenvalue weighted by Gasteiger charge is 2.28. The zero-order chi connectivity index (χ0) is 7.49. The highest BCUT2D eigenvalue weighted by Crippen LogP contribution is 2.05. The Morgan fingerprint density at radius 3 is 2.22 bits per heavy atom. The summed E-state index contributed by atoms with van der Waals surface area (Å²) in [5, 5.41) is 8.29. The molecule has 0 aliphatic rings. The first kappa shape index (κ1) is 7.94. The Kier molecular flexibility index (Phi) is 2.19.